The third kappa shape index (κ3) is 4.50. The van der Waals surface area contributed by atoms with Crippen LogP contribution in [-0.2, 0) is 5.41 Å². The highest BCUT2D eigenvalue weighted by Gasteiger charge is 2.41. The average Bonchev–Trinajstić information content (AvgIpc) is 3.36. The summed E-state index contributed by atoms with van der Waals surface area (Å²) in [4.78, 5) is 0. The minimum absolute atomic E-state index is 0.188. The van der Waals surface area contributed by atoms with E-state index in [2.05, 4.69) is 148 Å². The van der Waals surface area contributed by atoms with Crippen molar-refractivity contribution in [1.29, 1.82) is 0 Å². The van der Waals surface area contributed by atoms with Crippen molar-refractivity contribution < 1.29 is 0 Å². The van der Waals surface area contributed by atoms with Gasteiger partial charge in [-0.15, -0.1) is 22.7 Å². The van der Waals surface area contributed by atoms with Gasteiger partial charge in [-0.1, -0.05) is 120 Å². The maximum absolute atomic E-state index is 2.65. The van der Waals surface area contributed by atoms with E-state index in [1.807, 2.05) is 0 Å². The standard InChI is InChI=1S/C30H45PS2Si2/c1-28(2,3)20-14-16-21(17-15-20)31-22-18-24(34(10,11)29(4,5)6)32-26(22)27-23(31)19-25(33-27)35(12,13)30(7,8)9/h14-19H,1-13H3. The maximum atomic E-state index is 2.65. The number of hydrogen-bond acceptors (Lipinski definition) is 2. The minimum atomic E-state index is -1.58. The largest absolute Gasteiger partial charge is 0.143 e. The van der Waals surface area contributed by atoms with Crippen LogP contribution in [0.25, 0.3) is 24.9 Å². The normalized spacial score (nSPS) is 14.4. The quantitative estimate of drug-likeness (QED) is 0.220. The summed E-state index contributed by atoms with van der Waals surface area (Å²) >= 11 is 4.28. The number of benzene rings is 1. The first kappa shape index (κ1) is 27.4. The van der Waals surface area contributed by atoms with E-state index in [1.165, 1.54) is 10.9 Å². The van der Waals surface area contributed by atoms with Gasteiger partial charge in [-0.2, -0.15) is 0 Å². The van der Waals surface area contributed by atoms with E-state index in [9.17, 15) is 0 Å². The summed E-state index contributed by atoms with van der Waals surface area (Å²) in [5.41, 5.74) is 1.61. The van der Waals surface area contributed by atoms with E-state index in [0.29, 0.717) is 10.1 Å². The number of fused-ring (bicyclic) bond motifs is 3. The van der Waals surface area contributed by atoms with Crippen molar-refractivity contribution in [3.63, 3.8) is 0 Å². The maximum Gasteiger partial charge on any atom is 0.0987 e. The van der Waals surface area contributed by atoms with E-state index in [-0.39, 0.29) is 5.41 Å². The third-order valence-corrected chi connectivity index (χ3v) is 27.9. The van der Waals surface area contributed by atoms with E-state index in [1.54, 1.807) is 28.6 Å². The highest BCUT2D eigenvalue weighted by molar-refractivity contribution is 7.70. The number of thiophene rings is 2. The Balaban J connectivity index is 2.03. The Bertz CT molecular complexity index is 1300. The average molecular weight is 557 g/mol. The molecule has 0 fully saturated rings. The van der Waals surface area contributed by atoms with Crippen LogP contribution in [0.1, 0.15) is 67.9 Å². The molecule has 3 aromatic heterocycles. The molecule has 0 aliphatic carbocycles. The predicted octanol–water partition coefficient (Wildman–Crippen LogP) is 10.8. The first-order valence-electron chi connectivity index (χ1n) is 13.0. The number of rotatable bonds is 3. The van der Waals surface area contributed by atoms with Crippen molar-refractivity contribution in [2.24, 2.45) is 0 Å². The van der Waals surface area contributed by atoms with Crippen molar-refractivity contribution in [2.45, 2.75) is 104 Å². The molecule has 0 bridgehead atoms. The molecule has 3 heterocycles. The van der Waals surface area contributed by atoms with Gasteiger partial charge in [-0.3, -0.25) is 0 Å². The predicted molar refractivity (Wildman–Crippen MR) is 174 cm³/mol. The fourth-order valence-electron chi connectivity index (χ4n) is 4.29. The van der Waals surface area contributed by atoms with Crippen LogP contribution < -0.4 is 9.00 Å². The smallest absolute Gasteiger partial charge is 0.0987 e. The highest BCUT2D eigenvalue weighted by Crippen LogP contribution is 2.58. The van der Waals surface area contributed by atoms with Crippen molar-refractivity contribution in [3.8, 4) is 5.30 Å². The second kappa shape index (κ2) is 8.43. The summed E-state index contributed by atoms with van der Waals surface area (Å²) in [6, 6.07) is 15.0. The minimum Gasteiger partial charge on any atom is -0.143 e. The molecular weight excluding hydrogens is 512 g/mol. The van der Waals surface area contributed by atoms with Gasteiger partial charge < -0.3 is 0 Å². The summed E-state index contributed by atoms with van der Waals surface area (Å²) in [6.07, 6.45) is 0. The third-order valence-electron chi connectivity index (χ3n) is 9.09. The van der Waals surface area contributed by atoms with E-state index in [4.69, 9.17) is 0 Å². The van der Waals surface area contributed by atoms with Crippen LogP contribution in [0.5, 0.6) is 0 Å². The van der Waals surface area contributed by atoms with E-state index in [0.717, 1.165) is 0 Å². The molecule has 0 spiro atoms. The van der Waals surface area contributed by atoms with Crippen molar-refractivity contribution >= 4 is 75.0 Å². The van der Waals surface area contributed by atoms with Gasteiger partial charge in [-0.25, -0.2) is 0 Å². The molecule has 0 aliphatic heterocycles. The van der Waals surface area contributed by atoms with Crippen molar-refractivity contribution in [3.05, 3.63) is 42.0 Å². The van der Waals surface area contributed by atoms with Crippen molar-refractivity contribution in [1.82, 2.24) is 0 Å². The van der Waals surface area contributed by atoms with Gasteiger partial charge in [0.2, 0.25) is 0 Å². The molecule has 0 saturated heterocycles. The second-order valence-electron chi connectivity index (χ2n) is 14.5. The molecule has 0 unspecified atom stereocenters. The molecule has 0 nitrogen and oxygen atoms in total. The van der Waals surface area contributed by atoms with Crippen LogP contribution in [0.4, 0.5) is 0 Å². The molecule has 0 atom stereocenters. The fraction of sp³-hybridized carbons (Fsp3) is 0.533. The topological polar surface area (TPSA) is 0 Å². The van der Waals surface area contributed by atoms with Crippen LogP contribution in [0.15, 0.2) is 36.4 Å². The highest BCUT2D eigenvalue weighted by atomic mass is 32.1. The Labute approximate surface area is 225 Å². The van der Waals surface area contributed by atoms with Crippen LogP contribution >= 0.6 is 30.2 Å². The van der Waals surface area contributed by atoms with Gasteiger partial charge in [0.25, 0.3) is 0 Å². The zero-order valence-electron chi connectivity index (χ0n) is 24.2. The molecule has 0 aliphatic rings. The first-order valence-corrected chi connectivity index (χ1v) is 21.9. The Morgan fingerprint density at radius 3 is 1.29 bits per heavy atom. The van der Waals surface area contributed by atoms with Gasteiger partial charge in [0, 0.05) is 10.2 Å². The van der Waals surface area contributed by atoms with Gasteiger partial charge >= 0.3 is 0 Å². The molecule has 0 radical (unpaired) electrons. The summed E-state index contributed by atoms with van der Waals surface area (Å²) in [6.45, 7) is 31.9. The Kier molecular flexibility index (Phi) is 6.60. The lowest BCUT2D eigenvalue weighted by Crippen LogP contribution is -2.47. The van der Waals surface area contributed by atoms with Crippen LogP contribution in [0.3, 0.4) is 0 Å². The monoisotopic (exact) mass is 556 g/mol. The molecule has 1 aromatic carbocycles. The molecule has 4 aromatic rings. The van der Waals surface area contributed by atoms with E-state index >= 15 is 0 Å². The van der Waals surface area contributed by atoms with Crippen LogP contribution in [0.2, 0.25) is 36.3 Å². The lowest BCUT2D eigenvalue weighted by Gasteiger charge is -2.36. The summed E-state index contributed by atoms with van der Waals surface area (Å²) in [5, 5.41) is 5.50. The molecule has 35 heavy (non-hydrogen) atoms. The van der Waals surface area contributed by atoms with Crippen molar-refractivity contribution in [2.75, 3.05) is 0 Å². The fourth-order valence-corrected chi connectivity index (χ4v) is 16.8. The van der Waals surface area contributed by atoms with Gasteiger partial charge in [-0.05, 0) is 47.5 Å². The van der Waals surface area contributed by atoms with Crippen LogP contribution in [0, 0.1) is 0 Å². The molecule has 0 amide bonds. The Hall–Kier alpha value is -0.646. The molecule has 190 valence electrons. The zero-order valence-corrected chi connectivity index (χ0v) is 28.8. The molecule has 4 rings (SSSR count). The Morgan fingerprint density at radius 1 is 0.600 bits per heavy atom. The molecular formula is C30H45PS2Si2. The van der Waals surface area contributed by atoms with Crippen LogP contribution in [-0.4, -0.2) is 16.1 Å². The number of hydrogen-bond donors (Lipinski definition) is 0. The molecule has 0 N–H and O–H groups in total. The lowest BCUT2D eigenvalue weighted by molar-refractivity contribution is 0.590. The van der Waals surface area contributed by atoms with Gasteiger partial charge in [0.15, 0.2) is 0 Å². The molecule has 5 heteroatoms. The summed E-state index contributed by atoms with van der Waals surface area (Å²) in [5.74, 6) is 0. The first-order chi connectivity index (χ1) is 15.8. The molecule has 0 saturated carbocycles. The zero-order chi connectivity index (χ0) is 26.4. The van der Waals surface area contributed by atoms with Gasteiger partial charge in [0.1, 0.15) is 0 Å². The van der Waals surface area contributed by atoms with Gasteiger partial charge in [0.05, 0.1) is 25.5 Å². The second-order valence-corrected chi connectivity index (χ2v) is 30.1. The van der Waals surface area contributed by atoms with E-state index < -0.39 is 23.7 Å². The summed E-state index contributed by atoms with van der Waals surface area (Å²) in [7, 11) is -3.63. The Morgan fingerprint density at radius 2 is 0.971 bits per heavy atom. The summed E-state index contributed by atoms with van der Waals surface area (Å²) < 4.78 is 6.56. The lowest BCUT2D eigenvalue weighted by atomic mass is 9.87. The SMILES string of the molecule is CC(C)(C)c1ccc(-p2c3cc([Si](C)(C)C(C)(C)C)sc3c3sc([Si](C)(C)C(C)(C)C)cc32)cc1.